The summed E-state index contributed by atoms with van der Waals surface area (Å²) >= 11 is 2.21. The van der Waals surface area contributed by atoms with Gasteiger partial charge in [0.25, 0.3) is 5.91 Å². The molecule has 1 fully saturated rings. The lowest BCUT2D eigenvalue weighted by atomic mass is 9.82. The van der Waals surface area contributed by atoms with Crippen molar-refractivity contribution in [3.05, 3.63) is 33.4 Å². The van der Waals surface area contributed by atoms with E-state index in [1.165, 1.54) is 0 Å². The molecular weight excluding hydrogens is 317 g/mol. The van der Waals surface area contributed by atoms with E-state index in [0.29, 0.717) is 18.0 Å². The molecule has 0 radical (unpaired) electrons. The van der Waals surface area contributed by atoms with Crippen LogP contribution in [0.25, 0.3) is 0 Å². The molecule has 0 aliphatic heterocycles. The van der Waals surface area contributed by atoms with Crippen molar-refractivity contribution in [1.82, 2.24) is 5.32 Å². The highest BCUT2D eigenvalue weighted by Crippen LogP contribution is 2.26. The summed E-state index contributed by atoms with van der Waals surface area (Å²) in [6, 6.07) is 7.49. The minimum Gasteiger partial charge on any atom is -0.393 e. The van der Waals surface area contributed by atoms with Crippen molar-refractivity contribution in [3.8, 4) is 0 Å². The van der Waals surface area contributed by atoms with Gasteiger partial charge in [0.1, 0.15) is 0 Å². The van der Waals surface area contributed by atoms with Crippen LogP contribution < -0.4 is 5.32 Å². The van der Waals surface area contributed by atoms with Crippen molar-refractivity contribution in [2.24, 2.45) is 5.92 Å². The molecule has 0 unspecified atom stereocenters. The normalized spacial score (nSPS) is 23.6. The van der Waals surface area contributed by atoms with Gasteiger partial charge in [-0.05, 0) is 65.6 Å². The lowest BCUT2D eigenvalue weighted by Crippen LogP contribution is -2.38. The van der Waals surface area contributed by atoms with E-state index in [1.807, 2.05) is 24.3 Å². The van der Waals surface area contributed by atoms with Crippen molar-refractivity contribution in [2.45, 2.75) is 18.9 Å². The van der Waals surface area contributed by atoms with Crippen LogP contribution >= 0.6 is 22.6 Å². The number of aliphatic hydroxyl groups is 1. The van der Waals surface area contributed by atoms with Crippen LogP contribution in [0.1, 0.15) is 23.2 Å². The zero-order chi connectivity index (χ0) is 11.5. The summed E-state index contributed by atoms with van der Waals surface area (Å²) in [5.74, 6) is 0.417. The first-order chi connectivity index (χ1) is 7.65. The third-order valence-electron chi connectivity index (χ3n) is 2.87. The number of hydrogen-bond donors (Lipinski definition) is 2. The standard InChI is InChI=1S/C12H14INO2/c13-10-3-1-9(2-4-10)12(16)14-7-8-5-11(15)6-8/h1-4,8,11,15H,5-7H2,(H,14,16). The van der Waals surface area contributed by atoms with Gasteiger partial charge >= 0.3 is 0 Å². The molecule has 0 saturated heterocycles. The number of hydrogen-bond acceptors (Lipinski definition) is 2. The number of benzene rings is 1. The topological polar surface area (TPSA) is 49.3 Å². The lowest BCUT2D eigenvalue weighted by molar-refractivity contribution is 0.0420. The molecule has 2 N–H and O–H groups in total. The number of carbonyl (C=O) groups excluding carboxylic acids is 1. The number of nitrogens with one attached hydrogen (secondary N) is 1. The summed E-state index contributed by atoms with van der Waals surface area (Å²) in [4.78, 5) is 11.7. The molecule has 16 heavy (non-hydrogen) atoms. The molecule has 0 aromatic heterocycles. The quantitative estimate of drug-likeness (QED) is 0.830. The van der Waals surface area contributed by atoms with Crippen molar-refractivity contribution < 1.29 is 9.90 Å². The molecule has 1 aromatic carbocycles. The second-order valence-electron chi connectivity index (χ2n) is 4.21. The second kappa shape index (κ2) is 5.14. The molecule has 1 amide bonds. The minimum absolute atomic E-state index is 0.0298. The van der Waals surface area contributed by atoms with Gasteiger partial charge in [0.05, 0.1) is 6.10 Å². The van der Waals surface area contributed by atoms with Gasteiger partial charge in [-0.2, -0.15) is 0 Å². The fraction of sp³-hybridized carbons (Fsp3) is 0.417. The van der Waals surface area contributed by atoms with Crippen LogP contribution in [0, 0.1) is 9.49 Å². The van der Waals surface area contributed by atoms with Crippen LogP contribution in [0.2, 0.25) is 0 Å². The maximum absolute atomic E-state index is 11.7. The minimum atomic E-state index is -0.153. The highest BCUT2D eigenvalue weighted by atomic mass is 127. The number of rotatable bonds is 3. The lowest BCUT2D eigenvalue weighted by Gasteiger charge is -2.31. The number of carbonyl (C=O) groups is 1. The maximum atomic E-state index is 11.7. The molecule has 1 aromatic rings. The third kappa shape index (κ3) is 2.95. The van der Waals surface area contributed by atoms with E-state index in [1.54, 1.807) is 0 Å². The first-order valence-corrected chi connectivity index (χ1v) is 6.45. The predicted octanol–water partition coefficient (Wildman–Crippen LogP) is 1.79. The Labute approximate surface area is 108 Å². The molecule has 2 rings (SSSR count). The predicted molar refractivity (Wildman–Crippen MR) is 70.2 cm³/mol. The van der Waals surface area contributed by atoms with Crippen molar-refractivity contribution in [1.29, 1.82) is 0 Å². The van der Waals surface area contributed by atoms with Crippen LogP contribution in [0.3, 0.4) is 0 Å². The van der Waals surface area contributed by atoms with Gasteiger partial charge in [-0.25, -0.2) is 0 Å². The number of amides is 1. The van der Waals surface area contributed by atoms with Crippen molar-refractivity contribution in [2.75, 3.05) is 6.54 Å². The Morgan fingerprint density at radius 1 is 1.38 bits per heavy atom. The highest BCUT2D eigenvalue weighted by molar-refractivity contribution is 14.1. The largest absolute Gasteiger partial charge is 0.393 e. The second-order valence-corrected chi connectivity index (χ2v) is 5.45. The molecule has 4 heteroatoms. The Bertz CT molecular complexity index is 371. The smallest absolute Gasteiger partial charge is 0.251 e. The molecule has 0 bridgehead atoms. The molecule has 1 aliphatic rings. The summed E-state index contributed by atoms with van der Waals surface area (Å²) in [5, 5.41) is 12.0. The Kier molecular flexibility index (Phi) is 3.81. The fourth-order valence-electron chi connectivity index (χ4n) is 1.81. The van der Waals surface area contributed by atoms with E-state index in [4.69, 9.17) is 5.11 Å². The average Bonchev–Trinajstić information content (AvgIpc) is 2.23. The van der Waals surface area contributed by atoms with Crippen molar-refractivity contribution in [3.63, 3.8) is 0 Å². The zero-order valence-electron chi connectivity index (χ0n) is 8.82. The van der Waals surface area contributed by atoms with Crippen LogP contribution in [0.15, 0.2) is 24.3 Å². The van der Waals surface area contributed by atoms with E-state index in [0.717, 1.165) is 16.4 Å². The summed E-state index contributed by atoms with van der Waals surface area (Å²) in [6.45, 7) is 0.669. The summed E-state index contributed by atoms with van der Waals surface area (Å²) in [5.41, 5.74) is 0.695. The van der Waals surface area contributed by atoms with Crippen molar-refractivity contribution >= 4 is 28.5 Å². The van der Waals surface area contributed by atoms with Gasteiger partial charge in [0, 0.05) is 15.7 Å². The van der Waals surface area contributed by atoms with Gasteiger partial charge in [-0.3, -0.25) is 4.79 Å². The van der Waals surface area contributed by atoms with Gasteiger partial charge in [-0.1, -0.05) is 0 Å². The first-order valence-electron chi connectivity index (χ1n) is 5.37. The van der Waals surface area contributed by atoms with Gasteiger partial charge in [0.15, 0.2) is 0 Å². The molecule has 1 aliphatic carbocycles. The van der Waals surface area contributed by atoms with E-state index in [9.17, 15) is 4.79 Å². The van der Waals surface area contributed by atoms with E-state index in [-0.39, 0.29) is 12.0 Å². The Balaban J connectivity index is 1.81. The molecule has 0 atom stereocenters. The van der Waals surface area contributed by atoms with Crippen LogP contribution in [-0.4, -0.2) is 23.7 Å². The summed E-state index contributed by atoms with van der Waals surface area (Å²) in [6.07, 6.45) is 1.47. The third-order valence-corrected chi connectivity index (χ3v) is 3.59. The SMILES string of the molecule is O=C(NCC1CC(O)C1)c1ccc(I)cc1. The van der Waals surface area contributed by atoms with Crippen LogP contribution in [-0.2, 0) is 0 Å². The average molecular weight is 331 g/mol. The van der Waals surface area contributed by atoms with E-state index < -0.39 is 0 Å². The molecule has 1 saturated carbocycles. The van der Waals surface area contributed by atoms with E-state index >= 15 is 0 Å². The first kappa shape index (κ1) is 11.9. The number of halogens is 1. The molecule has 86 valence electrons. The van der Waals surface area contributed by atoms with E-state index in [2.05, 4.69) is 27.9 Å². The monoisotopic (exact) mass is 331 g/mol. The Hall–Kier alpha value is -0.620. The van der Waals surface area contributed by atoms with Crippen LogP contribution in [0.5, 0.6) is 0 Å². The molecular formula is C12H14INO2. The Morgan fingerprint density at radius 3 is 2.56 bits per heavy atom. The molecule has 0 heterocycles. The summed E-state index contributed by atoms with van der Waals surface area (Å²) in [7, 11) is 0. The molecule has 0 spiro atoms. The molecule has 3 nitrogen and oxygen atoms in total. The summed E-state index contributed by atoms with van der Waals surface area (Å²) < 4.78 is 1.12. The van der Waals surface area contributed by atoms with Gasteiger partial charge in [-0.15, -0.1) is 0 Å². The van der Waals surface area contributed by atoms with Gasteiger partial charge < -0.3 is 10.4 Å². The number of aliphatic hydroxyl groups excluding tert-OH is 1. The zero-order valence-corrected chi connectivity index (χ0v) is 11.0. The maximum Gasteiger partial charge on any atom is 0.251 e. The Morgan fingerprint density at radius 2 is 2.00 bits per heavy atom. The van der Waals surface area contributed by atoms with Gasteiger partial charge in [0.2, 0.25) is 0 Å². The van der Waals surface area contributed by atoms with Crippen LogP contribution in [0.4, 0.5) is 0 Å². The fourth-order valence-corrected chi connectivity index (χ4v) is 2.17. The highest BCUT2D eigenvalue weighted by Gasteiger charge is 2.27.